The van der Waals surface area contributed by atoms with E-state index < -0.39 is 5.41 Å². The van der Waals surface area contributed by atoms with Crippen LogP contribution in [0.15, 0.2) is 36.4 Å². The number of H-pyrrole nitrogens is 1. The molecule has 1 saturated heterocycles. The Balaban J connectivity index is 1.48. The fourth-order valence-electron chi connectivity index (χ4n) is 7.43. The molecule has 45 heavy (non-hydrogen) atoms. The molecular formula is C33H39N9O3. The second-order valence-electron chi connectivity index (χ2n) is 12.3. The molecule has 0 radical (unpaired) electrons. The highest BCUT2D eigenvalue weighted by atomic mass is 16.2. The Hall–Kier alpha value is -4.63. The van der Waals surface area contributed by atoms with Crippen molar-refractivity contribution < 1.29 is 14.4 Å². The number of benzene rings is 2. The zero-order valence-electron chi connectivity index (χ0n) is 25.7. The van der Waals surface area contributed by atoms with Crippen LogP contribution in [0.2, 0.25) is 0 Å². The average Bonchev–Trinajstić information content (AvgIpc) is 3.74. The fourth-order valence-corrected chi connectivity index (χ4v) is 7.43. The van der Waals surface area contributed by atoms with Gasteiger partial charge in [-0.25, -0.2) is 5.10 Å². The van der Waals surface area contributed by atoms with E-state index in [9.17, 15) is 19.6 Å². The van der Waals surface area contributed by atoms with Gasteiger partial charge < -0.3 is 20.9 Å². The molecular weight excluding hydrogens is 570 g/mol. The molecule has 234 valence electrons. The maximum atomic E-state index is 13.4. The van der Waals surface area contributed by atoms with Crippen molar-refractivity contribution in [2.75, 3.05) is 27.2 Å². The number of aromatic nitrogens is 4. The molecule has 6 rings (SSSR count). The summed E-state index contributed by atoms with van der Waals surface area (Å²) in [5.41, 5.74) is 4.24. The molecule has 12 nitrogen and oxygen atoms in total. The number of amides is 3. The molecule has 3 aromatic rings. The minimum Gasteiger partial charge on any atom is -0.355 e. The average molecular weight is 610 g/mol. The molecule has 0 spiro atoms. The number of nitrogens with zero attached hydrogens (tertiary/aromatic N) is 5. The van der Waals surface area contributed by atoms with E-state index in [1.807, 2.05) is 36.4 Å². The number of nitriles is 1. The summed E-state index contributed by atoms with van der Waals surface area (Å²) in [7, 11) is 3.23. The lowest BCUT2D eigenvalue weighted by Crippen LogP contribution is -2.50. The van der Waals surface area contributed by atoms with Crippen molar-refractivity contribution in [1.82, 2.24) is 41.5 Å². The van der Waals surface area contributed by atoms with Gasteiger partial charge in [-0.05, 0) is 108 Å². The van der Waals surface area contributed by atoms with Crippen molar-refractivity contribution in [2.45, 2.75) is 68.9 Å². The maximum Gasteiger partial charge on any atom is 0.251 e. The van der Waals surface area contributed by atoms with Crippen molar-refractivity contribution in [1.29, 1.82) is 5.26 Å². The van der Waals surface area contributed by atoms with Gasteiger partial charge in [-0.2, -0.15) is 5.26 Å². The number of aromatic amines is 1. The van der Waals surface area contributed by atoms with E-state index in [-0.39, 0.29) is 36.3 Å². The van der Waals surface area contributed by atoms with Gasteiger partial charge in [0, 0.05) is 37.8 Å². The second-order valence-corrected chi connectivity index (χ2v) is 12.3. The first-order chi connectivity index (χ1) is 21.9. The summed E-state index contributed by atoms with van der Waals surface area (Å²) in [5.74, 6) is 0.498. The quantitative estimate of drug-likeness (QED) is 0.286. The summed E-state index contributed by atoms with van der Waals surface area (Å²) in [6.45, 7) is 0.734. The SMILES string of the molecule is CNC(=O)c1ccc2c(c1)CCc1cc(C(=O)NC)ccc1C2(C[C@@H](NCC(=O)N1CCC[C@H]1C#N)C1CCC1)c1nnn[nH]1. The second kappa shape index (κ2) is 12.8. The molecule has 1 aromatic heterocycles. The van der Waals surface area contributed by atoms with Crippen molar-refractivity contribution in [3.05, 3.63) is 75.6 Å². The maximum absolute atomic E-state index is 13.4. The molecule has 2 aromatic carbocycles. The molecule has 2 aliphatic carbocycles. The number of carbonyl (C=O) groups excluding carboxylic acids is 3. The van der Waals surface area contributed by atoms with Gasteiger partial charge in [0.1, 0.15) is 6.04 Å². The molecule has 3 amide bonds. The van der Waals surface area contributed by atoms with Crippen molar-refractivity contribution in [3.63, 3.8) is 0 Å². The third-order valence-electron chi connectivity index (χ3n) is 10.0. The van der Waals surface area contributed by atoms with Crippen LogP contribution in [0.3, 0.4) is 0 Å². The number of hydrogen-bond donors (Lipinski definition) is 4. The zero-order chi connectivity index (χ0) is 31.6. The normalized spacial score (nSPS) is 19.3. The molecule has 2 fully saturated rings. The van der Waals surface area contributed by atoms with Crippen LogP contribution >= 0.6 is 0 Å². The number of likely N-dealkylation sites (tertiary alicyclic amines) is 1. The fraction of sp³-hybridized carbons (Fsp3) is 0.485. The highest BCUT2D eigenvalue weighted by molar-refractivity contribution is 5.95. The Morgan fingerprint density at radius 1 is 1.00 bits per heavy atom. The predicted molar refractivity (Wildman–Crippen MR) is 165 cm³/mol. The molecule has 0 bridgehead atoms. The van der Waals surface area contributed by atoms with Gasteiger partial charge in [0.25, 0.3) is 11.8 Å². The summed E-state index contributed by atoms with van der Waals surface area (Å²) in [5, 5.41) is 34.3. The predicted octanol–water partition coefficient (Wildman–Crippen LogP) is 2.01. The first-order valence-corrected chi connectivity index (χ1v) is 15.8. The summed E-state index contributed by atoms with van der Waals surface area (Å²) in [6, 6.07) is 13.4. The molecule has 0 unspecified atom stereocenters. The minimum absolute atomic E-state index is 0.0640. The number of tetrazole rings is 1. The van der Waals surface area contributed by atoms with Gasteiger partial charge in [0.15, 0.2) is 5.82 Å². The van der Waals surface area contributed by atoms with Gasteiger partial charge in [-0.1, -0.05) is 18.6 Å². The molecule has 4 N–H and O–H groups in total. The number of fused-ring (bicyclic) bond motifs is 2. The van der Waals surface area contributed by atoms with Crippen LogP contribution in [-0.2, 0) is 23.1 Å². The van der Waals surface area contributed by atoms with Crippen LogP contribution in [0.25, 0.3) is 0 Å². The van der Waals surface area contributed by atoms with E-state index in [4.69, 9.17) is 0 Å². The lowest BCUT2D eigenvalue weighted by atomic mass is 9.64. The van der Waals surface area contributed by atoms with Gasteiger partial charge in [-0.15, -0.1) is 5.10 Å². The molecule has 2 heterocycles. The Labute approximate surface area is 262 Å². The summed E-state index contributed by atoms with van der Waals surface area (Å²) in [6.07, 6.45) is 6.58. The van der Waals surface area contributed by atoms with Crippen LogP contribution in [0.5, 0.6) is 0 Å². The van der Waals surface area contributed by atoms with Gasteiger partial charge in [0.05, 0.1) is 18.0 Å². The Kier molecular flexibility index (Phi) is 8.63. The Morgan fingerprint density at radius 3 is 2.16 bits per heavy atom. The minimum atomic E-state index is -0.869. The summed E-state index contributed by atoms with van der Waals surface area (Å²) in [4.78, 5) is 40.5. The number of nitrogens with one attached hydrogen (secondary N) is 4. The molecule has 12 heteroatoms. The molecule has 3 aliphatic rings. The van der Waals surface area contributed by atoms with E-state index in [1.54, 1.807) is 19.0 Å². The smallest absolute Gasteiger partial charge is 0.251 e. The van der Waals surface area contributed by atoms with Crippen LogP contribution in [0.4, 0.5) is 0 Å². The lowest BCUT2D eigenvalue weighted by molar-refractivity contribution is -0.130. The van der Waals surface area contributed by atoms with E-state index in [0.29, 0.717) is 55.1 Å². The highest BCUT2D eigenvalue weighted by Gasteiger charge is 2.47. The lowest BCUT2D eigenvalue weighted by Gasteiger charge is -2.42. The standard InChI is InChI=1S/C33H39N9O3/c1-35-30(44)23-10-12-26-21(15-23)8-9-22-16-24(31(45)36-2)11-13-27(22)33(26,32-38-40-41-39-32)17-28(20-5-3-6-20)37-19-29(43)42-14-4-7-25(42)18-34/h10-13,15-16,20,25,28,37H,3-9,14,17,19H2,1-2H3,(H,35,44)(H,36,45)(H,38,39,40,41)/t25-,28+/m0/s1. The van der Waals surface area contributed by atoms with Crippen molar-refractivity contribution in [2.24, 2.45) is 5.92 Å². The van der Waals surface area contributed by atoms with E-state index in [2.05, 4.69) is 42.6 Å². The van der Waals surface area contributed by atoms with E-state index >= 15 is 0 Å². The largest absolute Gasteiger partial charge is 0.355 e. The first-order valence-electron chi connectivity index (χ1n) is 15.8. The van der Waals surface area contributed by atoms with Crippen LogP contribution in [0, 0.1) is 17.2 Å². The van der Waals surface area contributed by atoms with Crippen LogP contribution < -0.4 is 16.0 Å². The third kappa shape index (κ3) is 5.57. The number of carbonyl (C=O) groups is 3. The Bertz CT molecular complexity index is 1560. The van der Waals surface area contributed by atoms with Crippen LogP contribution in [0.1, 0.15) is 87.3 Å². The van der Waals surface area contributed by atoms with E-state index in [0.717, 1.165) is 47.9 Å². The molecule has 2 atom stereocenters. The third-order valence-corrected chi connectivity index (χ3v) is 10.0. The Morgan fingerprint density at radius 2 is 1.64 bits per heavy atom. The number of hydrogen-bond acceptors (Lipinski definition) is 8. The van der Waals surface area contributed by atoms with Crippen LogP contribution in [-0.4, -0.2) is 82.5 Å². The molecule has 1 aliphatic heterocycles. The molecule has 1 saturated carbocycles. The highest BCUT2D eigenvalue weighted by Crippen LogP contribution is 2.49. The van der Waals surface area contributed by atoms with E-state index in [1.165, 1.54) is 0 Å². The van der Waals surface area contributed by atoms with Gasteiger partial charge in [0.2, 0.25) is 5.91 Å². The van der Waals surface area contributed by atoms with Gasteiger partial charge >= 0.3 is 0 Å². The summed E-state index contributed by atoms with van der Waals surface area (Å²) >= 11 is 0. The summed E-state index contributed by atoms with van der Waals surface area (Å²) < 4.78 is 0. The zero-order valence-corrected chi connectivity index (χ0v) is 25.7. The van der Waals surface area contributed by atoms with Gasteiger partial charge in [-0.3, -0.25) is 14.4 Å². The number of aryl methyl sites for hydroxylation is 2. The van der Waals surface area contributed by atoms with Crippen molar-refractivity contribution >= 4 is 17.7 Å². The number of rotatable bonds is 9. The first kappa shape index (κ1) is 30.4. The topological polar surface area (TPSA) is 169 Å². The van der Waals surface area contributed by atoms with Crippen molar-refractivity contribution in [3.8, 4) is 6.07 Å². The monoisotopic (exact) mass is 609 g/mol.